The second-order valence-corrected chi connectivity index (χ2v) is 4.72. The zero-order valence-corrected chi connectivity index (χ0v) is 10.9. The maximum atomic E-state index is 12.5. The highest BCUT2D eigenvalue weighted by molar-refractivity contribution is 5.83. The lowest BCUT2D eigenvalue weighted by atomic mass is 9.97. The van der Waals surface area contributed by atoms with E-state index in [-0.39, 0.29) is 18.4 Å². The number of imidazole rings is 1. The fourth-order valence-corrected chi connectivity index (χ4v) is 2.59. The van der Waals surface area contributed by atoms with Gasteiger partial charge in [0.25, 0.3) is 0 Å². The number of carbonyl (C=O) groups is 1. The molecule has 1 atom stereocenters. The van der Waals surface area contributed by atoms with Crippen LogP contribution in [-0.2, 0) is 11.3 Å². The molecular weight excluding hydrogens is 230 g/mol. The molecule has 2 heterocycles. The van der Waals surface area contributed by atoms with E-state index in [2.05, 4.69) is 9.55 Å². The highest BCUT2D eigenvalue weighted by Crippen LogP contribution is 2.27. The minimum absolute atomic E-state index is 0.0207. The van der Waals surface area contributed by atoms with Gasteiger partial charge in [0, 0.05) is 32.0 Å². The van der Waals surface area contributed by atoms with Crippen LogP contribution in [0, 0.1) is 0 Å². The minimum atomic E-state index is -0.133. The van der Waals surface area contributed by atoms with E-state index in [0.29, 0.717) is 13.1 Å². The maximum absolute atomic E-state index is 12.5. The van der Waals surface area contributed by atoms with E-state index >= 15 is 0 Å². The van der Waals surface area contributed by atoms with E-state index in [4.69, 9.17) is 5.11 Å². The van der Waals surface area contributed by atoms with Gasteiger partial charge in [-0.05, 0) is 19.3 Å². The summed E-state index contributed by atoms with van der Waals surface area (Å²) >= 11 is 0. The van der Waals surface area contributed by atoms with Crippen LogP contribution in [0.5, 0.6) is 0 Å². The third-order valence-corrected chi connectivity index (χ3v) is 3.42. The largest absolute Gasteiger partial charge is 0.395 e. The molecule has 0 aromatic carbocycles. The summed E-state index contributed by atoms with van der Waals surface area (Å²) in [6.07, 6.45) is 6.48. The fraction of sp³-hybridized carbons (Fsp3) is 0.692. The summed E-state index contributed by atoms with van der Waals surface area (Å²) in [5.41, 5.74) is 0. The number of hydrogen-bond acceptors (Lipinski definition) is 3. The monoisotopic (exact) mass is 251 g/mol. The second kappa shape index (κ2) is 6.00. The Kier molecular flexibility index (Phi) is 4.36. The second-order valence-electron chi connectivity index (χ2n) is 4.72. The topological polar surface area (TPSA) is 58.4 Å². The van der Waals surface area contributed by atoms with Crippen LogP contribution in [0.2, 0.25) is 0 Å². The first-order chi connectivity index (χ1) is 8.77. The van der Waals surface area contributed by atoms with Crippen LogP contribution in [0.4, 0.5) is 0 Å². The molecule has 100 valence electrons. The predicted molar refractivity (Wildman–Crippen MR) is 68.2 cm³/mol. The van der Waals surface area contributed by atoms with Crippen molar-refractivity contribution in [2.24, 2.45) is 0 Å². The average Bonchev–Trinajstić information content (AvgIpc) is 2.85. The number of rotatable bonds is 5. The zero-order valence-electron chi connectivity index (χ0n) is 10.9. The van der Waals surface area contributed by atoms with E-state index in [1.807, 2.05) is 13.1 Å². The van der Waals surface area contributed by atoms with Gasteiger partial charge in [-0.3, -0.25) is 4.79 Å². The number of amides is 1. The molecule has 1 aromatic heterocycles. The summed E-state index contributed by atoms with van der Waals surface area (Å²) in [7, 11) is 0. The van der Waals surface area contributed by atoms with Gasteiger partial charge in [-0.15, -0.1) is 0 Å². The summed E-state index contributed by atoms with van der Waals surface area (Å²) in [6.45, 7) is 4.14. The molecule has 1 N–H and O–H groups in total. The van der Waals surface area contributed by atoms with Crippen molar-refractivity contribution in [1.82, 2.24) is 14.5 Å². The zero-order chi connectivity index (χ0) is 13.0. The molecule has 0 fully saturated rings. The lowest BCUT2D eigenvalue weighted by molar-refractivity contribution is -0.134. The molecule has 1 aliphatic rings. The number of nitrogens with zero attached hydrogens (tertiary/aromatic N) is 3. The molecular formula is C13H21N3O2. The number of carbonyl (C=O) groups excluding carboxylic acids is 1. The number of aryl methyl sites for hydroxylation is 1. The van der Waals surface area contributed by atoms with Crippen LogP contribution in [0.15, 0.2) is 12.4 Å². The Hall–Kier alpha value is -1.36. The van der Waals surface area contributed by atoms with Crippen LogP contribution < -0.4 is 0 Å². The molecule has 0 spiro atoms. The SMILES string of the molecule is CCCN(CCO)C(=O)C1CCCn2ccnc21. The lowest BCUT2D eigenvalue weighted by Gasteiger charge is -2.29. The number of hydrogen-bond donors (Lipinski definition) is 1. The van der Waals surface area contributed by atoms with Crippen molar-refractivity contribution in [1.29, 1.82) is 0 Å². The molecule has 1 aromatic rings. The number of fused-ring (bicyclic) bond motifs is 1. The van der Waals surface area contributed by atoms with Gasteiger partial charge in [-0.2, -0.15) is 0 Å². The molecule has 0 saturated carbocycles. The summed E-state index contributed by atoms with van der Waals surface area (Å²) in [6, 6.07) is 0. The Labute approximate surface area is 107 Å². The van der Waals surface area contributed by atoms with E-state index in [0.717, 1.165) is 31.6 Å². The van der Waals surface area contributed by atoms with Crippen LogP contribution >= 0.6 is 0 Å². The van der Waals surface area contributed by atoms with Crippen molar-refractivity contribution in [2.45, 2.75) is 38.6 Å². The summed E-state index contributed by atoms with van der Waals surface area (Å²) in [4.78, 5) is 18.6. The Morgan fingerprint density at radius 3 is 3.17 bits per heavy atom. The van der Waals surface area contributed by atoms with Crippen molar-refractivity contribution in [3.8, 4) is 0 Å². The number of aromatic nitrogens is 2. The van der Waals surface area contributed by atoms with Crippen LogP contribution in [0.1, 0.15) is 37.9 Å². The van der Waals surface area contributed by atoms with Crippen molar-refractivity contribution in [3.63, 3.8) is 0 Å². The fourth-order valence-electron chi connectivity index (χ4n) is 2.59. The Balaban J connectivity index is 2.14. The predicted octanol–water partition coefficient (Wildman–Crippen LogP) is 0.991. The van der Waals surface area contributed by atoms with Crippen LogP contribution in [0.25, 0.3) is 0 Å². The maximum Gasteiger partial charge on any atom is 0.233 e. The molecule has 0 radical (unpaired) electrons. The van der Waals surface area contributed by atoms with Gasteiger partial charge in [0.1, 0.15) is 5.82 Å². The summed E-state index contributed by atoms with van der Waals surface area (Å²) < 4.78 is 2.06. The Morgan fingerprint density at radius 1 is 1.61 bits per heavy atom. The third-order valence-electron chi connectivity index (χ3n) is 3.42. The molecule has 2 rings (SSSR count). The molecule has 18 heavy (non-hydrogen) atoms. The third kappa shape index (κ3) is 2.56. The van der Waals surface area contributed by atoms with E-state index in [1.165, 1.54) is 0 Å². The molecule has 5 heteroatoms. The molecule has 0 aliphatic carbocycles. The van der Waals surface area contributed by atoms with Gasteiger partial charge < -0.3 is 14.6 Å². The molecule has 0 saturated heterocycles. The van der Waals surface area contributed by atoms with E-state index in [9.17, 15) is 4.79 Å². The van der Waals surface area contributed by atoms with Crippen molar-refractivity contribution >= 4 is 5.91 Å². The lowest BCUT2D eigenvalue weighted by Crippen LogP contribution is -2.39. The van der Waals surface area contributed by atoms with Gasteiger partial charge in [-0.25, -0.2) is 4.98 Å². The van der Waals surface area contributed by atoms with Crippen LogP contribution in [-0.4, -0.2) is 45.2 Å². The van der Waals surface area contributed by atoms with Crippen molar-refractivity contribution < 1.29 is 9.90 Å². The van der Waals surface area contributed by atoms with Crippen molar-refractivity contribution in [2.75, 3.05) is 19.7 Å². The molecule has 1 aliphatic heterocycles. The molecule has 1 amide bonds. The van der Waals surface area contributed by atoms with Gasteiger partial charge >= 0.3 is 0 Å². The van der Waals surface area contributed by atoms with Gasteiger partial charge in [0.15, 0.2) is 0 Å². The summed E-state index contributed by atoms with van der Waals surface area (Å²) in [5.74, 6) is 0.857. The molecule has 5 nitrogen and oxygen atoms in total. The molecule has 1 unspecified atom stereocenters. The first-order valence-corrected chi connectivity index (χ1v) is 6.68. The molecule has 0 bridgehead atoms. The number of aliphatic hydroxyl groups is 1. The van der Waals surface area contributed by atoms with E-state index in [1.54, 1.807) is 11.1 Å². The highest BCUT2D eigenvalue weighted by atomic mass is 16.3. The minimum Gasteiger partial charge on any atom is -0.395 e. The quantitative estimate of drug-likeness (QED) is 0.849. The Bertz CT molecular complexity index is 397. The van der Waals surface area contributed by atoms with Gasteiger partial charge in [0.2, 0.25) is 5.91 Å². The first-order valence-electron chi connectivity index (χ1n) is 6.68. The summed E-state index contributed by atoms with van der Waals surface area (Å²) in [5, 5.41) is 9.05. The van der Waals surface area contributed by atoms with E-state index < -0.39 is 0 Å². The van der Waals surface area contributed by atoms with Crippen molar-refractivity contribution in [3.05, 3.63) is 18.2 Å². The van der Waals surface area contributed by atoms with Gasteiger partial charge in [0.05, 0.1) is 12.5 Å². The van der Waals surface area contributed by atoms with Gasteiger partial charge in [-0.1, -0.05) is 6.92 Å². The Morgan fingerprint density at radius 2 is 2.44 bits per heavy atom. The standard InChI is InChI=1S/C13H21N3O2/c1-2-6-16(9-10-17)13(18)11-4-3-7-15-8-5-14-12(11)15/h5,8,11,17H,2-4,6-7,9-10H2,1H3. The van der Waals surface area contributed by atoms with Crippen LogP contribution in [0.3, 0.4) is 0 Å². The number of aliphatic hydroxyl groups excluding tert-OH is 1. The highest BCUT2D eigenvalue weighted by Gasteiger charge is 2.30. The normalized spacial score (nSPS) is 18.4. The smallest absolute Gasteiger partial charge is 0.233 e. The first kappa shape index (κ1) is 13.1. The average molecular weight is 251 g/mol.